The fourth-order valence-corrected chi connectivity index (χ4v) is 4.23. The van der Waals surface area contributed by atoms with Gasteiger partial charge in [0, 0.05) is 24.9 Å². The van der Waals surface area contributed by atoms with Crippen LogP contribution in [0, 0.1) is 0 Å². The van der Waals surface area contributed by atoms with E-state index in [1.807, 2.05) is 48.5 Å². The summed E-state index contributed by atoms with van der Waals surface area (Å²) in [6, 6.07) is 23.8. The van der Waals surface area contributed by atoms with Gasteiger partial charge in [-0.3, -0.25) is 9.59 Å². The molecule has 1 aliphatic heterocycles. The van der Waals surface area contributed by atoms with Crippen LogP contribution in [-0.4, -0.2) is 44.1 Å². The van der Waals surface area contributed by atoms with Gasteiger partial charge in [-0.25, -0.2) is 0 Å². The predicted molar refractivity (Wildman–Crippen MR) is 123 cm³/mol. The summed E-state index contributed by atoms with van der Waals surface area (Å²) >= 11 is 0. The largest absolute Gasteiger partial charge is 0.497 e. The number of fused-ring (bicyclic) bond motifs is 1. The zero-order chi connectivity index (χ0) is 22.5. The molecule has 4 rings (SSSR count). The summed E-state index contributed by atoms with van der Waals surface area (Å²) in [6.07, 6.45) is 0. The Kier molecular flexibility index (Phi) is 6.52. The lowest BCUT2D eigenvalue weighted by Gasteiger charge is -2.41. The summed E-state index contributed by atoms with van der Waals surface area (Å²) in [7, 11) is 3.20. The molecule has 0 unspecified atom stereocenters. The van der Waals surface area contributed by atoms with E-state index >= 15 is 0 Å². The third-order valence-electron chi connectivity index (χ3n) is 5.76. The molecular weight excluding hydrogens is 404 g/mol. The zero-order valence-electron chi connectivity index (χ0n) is 18.2. The van der Waals surface area contributed by atoms with Gasteiger partial charge in [0.1, 0.15) is 5.75 Å². The molecule has 3 aromatic carbocycles. The molecule has 0 saturated heterocycles. The third kappa shape index (κ3) is 4.22. The lowest BCUT2D eigenvalue weighted by atomic mass is 9.79. The van der Waals surface area contributed by atoms with Crippen LogP contribution in [0.2, 0.25) is 0 Å². The smallest absolute Gasteiger partial charge is 0.254 e. The Morgan fingerprint density at radius 2 is 1.62 bits per heavy atom. The van der Waals surface area contributed by atoms with Gasteiger partial charge in [-0.15, -0.1) is 0 Å². The maximum Gasteiger partial charge on any atom is 0.254 e. The molecule has 0 radical (unpaired) electrons. The average Bonchev–Trinajstić information content (AvgIpc) is 2.84. The molecule has 0 fully saturated rings. The molecule has 164 valence electrons. The first-order valence-corrected chi connectivity index (χ1v) is 10.5. The first kappa shape index (κ1) is 21.6. The summed E-state index contributed by atoms with van der Waals surface area (Å²) in [5, 5.41) is 3.03. The third-order valence-corrected chi connectivity index (χ3v) is 5.76. The molecule has 1 aliphatic rings. The summed E-state index contributed by atoms with van der Waals surface area (Å²) in [5.74, 6) is -0.138. The van der Waals surface area contributed by atoms with Crippen molar-refractivity contribution >= 4 is 17.5 Å². The summed E-state index contributed by atoms with van der Waals surface area (Å²) in [4.78, 5) is 28.9. The van der Waals surface area contributed by atoms with E-state index in [0.29, 0.717) is 30.2 Å². The number of nitrogens with zero attached hydrogens (tertiary/aromatic N) is 1. The first-order valence-electron chi connectivity index (χ1n) is 10.5. The van der Waals surface area contributed by atoms with Gasteiger partial charge in [0.15, 0.2) is 0 Å². The second-order valence-electron chi connectivity index (χ2n) is 7.63. The SMILES string of the molecule is COCCN1C(=O)c2ccccc2[C@@H](C(=O)Nc2ccc(OC)cc2)[C@@H]1c1ccccc1. The Balaban J connectivity index is 1.78. The summed E-state index contributed by atoms with van der Waals surface area (Å²) < 4.78 is 10.5. The van der Waals surface area contributed by atoms with Gasteiger partial charge in [0.05, 0.1) is 25.7 Å². The van der Waals surface area contributed by atoms with Gasteiger partial charge in [0.25, 0.3) is 5.91 Å². The molecular formula is C26H26N2O4. The number of rotatable bonds is 7. The number of carbonyl (C=O) groups is 2. The number of hydrogen-bond acceptors (Lipinski definition) is 4. The zero-order valence-corrected chi connectivity index (χ0v) is 18.2. The highest BCUT2D eigenvalue weighted by Crippen LogP contribution is 2.43. The number of carbonyl (C=O) groups excluding carboxylic acids is 2. The first-order chi connectivity index (χ1) is 15.6. The molecule has 1 N–H and O–H groups in total. The number of ether oxygens (including phenoxy) is 2. The molecule has 0 aliphatic carbocycles. The molecule has 1 heterocycles. The highest BCUT2D eigenvalue weighted by molar-refractivity contribution is 6.04. The van der Waals surface area contributed by atoms with Crippen LogP contribution in [0.3, 0.4) is 0 Å². The number of methoxy groups -OCH3 is 2. The average molecular weight is 431 g/mol. The van der Waals surface area contributed by atoms with E-state index < -0.39 is 12.0 Å². The Morgan fingerprint density at radius 3 is 2.31 bits per heavy atom. The second-order valence-corrected chi connectivity index (χ2v) is 7.63. The van der Waals surface area contributed by atoms with Gasteiger partial charge in [-0.1, -0.05) is 48.5 Å². The summed E-state index contributed by atoms with van der Waals surface area (Å²) in [5.41, 5.74) is 2.85. The van der Waals surface area contributed by atoms with Crippen LogP contribution in [0.4, 0.5) is 5.69 Å². The molecule has 3 aromatic rings. The van der Waals surface area contributed by atoms with Crippen LogP contribution in [-0.2, 0) is 9.53 Å². The number of hydrogen-bond donors (Lipinski definition) is 1. The van der Waals surface area contributed by atoms with Crippen LogP contribution in [0.1, 0.15) is 33.4 Å². The Bertz CT molecular complexity index is 1080. The molecule has 6 nitrogen and oxygen atoms in total. The molecule has 2 atom stereocenters. The minimum atomic E-state index is -0.578. The van der Waals surface area contributed by atoms with Crippen molar-refractivity contribution in [2.45, 2.75) is 12.0 Å². The van der Waals surface area contributed by atoms with Crippen molar-refractivity contribution in [1.82, 2.24) is 4.90 Å². The van der Waals surface area contributed by atoms with E-state index in [9.17, 15) is 9.59 Å². The summed E-state index contributed by atoms with van der Waals surface area (Å²) in [6.45, 7) is 0.763. The number of anilines is 1. The van der Waals surface area contributed by atoms with Crippen molar-refractivity contribution in [3.8, 4) is 5.75 Å². The highest BCUT2D eigenvalue weighted by atomic mass is 16.5. The predicted octanol–water partition coefficient (Wildman–Crippen LogP) is 4.26. The maximum absolute atomic E-state index is 13.7. The molecule has 0 spiro atoms. The van der Waals surface area contributed by atoms with Crippen LogP contribution in [0.25, 0.3) is 0 Å². The molecule has 6 heteroatoms. The van der Waals surface area contributed by atoms with Crippen LogP contribution >= 0.6 is 0 Å². The van der Waals surface area contributed by atoms with E-state index in [1.165, 1.54) is 0 Å². The fraction of sp³-hybridized carbons (Fsp3) is 0.231. The normalized spacial score (nSPS) is 17.6. The number of nitrogens with one attached hydrogen (secondary N) is 1. The van der Waals surface area contributed by atoms with Crippen molar-refractivity contribution in [3.63, 3.8) is 0 Å². The van der Waals surface area contributed by atoms with Gasteiger partial charge < -0.3 is 19.7 Å². The van der Waals surface area contributed by atoms with E-state index in [2.05, 4.69) is 5.32 Å². The molecule has 32 heavy (non-hydrogen) atoms. The second kappa shape index (κ2) is 9.66. The number of benzene rings is 3. The standard InChI is InChI=1S/C26H26N2O4/c1-31-17-16-28-24(18-8-4-3-5-9-18)23(21-10-6-7-11-22(21)26(28)30)25(29)27-19-12-14-20(32-2)15-13-19/h3-15,23-24H,16-17H2,1-2H3,(H,27,29)/t23-,24+/m1/s1. The Morgan fingerprint density at radius 1 is 0.938 bits per heavy atom. The van der Waals surface area contributed by atoms with Crippen molar-refractivity contribution in [3.05, 3.63) is 95.6 Å². The van der Waals surface area contributed by atoms with Crippen LogP contribution in [0.15, 0.2) is 78.9 Å². The topological polar surface area (TPSA) is 67.9 Å². The van der Waals surface area contributed by atoms with Gasteiger partial charge in [-0.05, 0) is 41.5 Å². The Labute approximate surface area is 187 Å². The van der Waals surface area contributed by atoms with Crippen molar-refractivity contribution in [2.24, 2.45) is 0 Å². The van der Waals surface area contributed by atoms with E-state index in [-0.39, 0.29) is 11.8 Å². The fourth-order valence-electron chi connectivity index (χ4n) is 4.23. The Hall–Kier alpha value is -3.64. The number of amides is 2. The molecule has 0 bridgehead atoms. The van der Waals surface area contributed by atoms with Crippen molar-refractivity contribution < 1.29 is 19.1 Å². The lowest BCUT2D eigenvalue weighted by molar-refractivity contribution is -0.119. The maximum atomic E-state index is 13.7. The quantitative estimate of drug-likeness (QED) is 0.608. The monoisotopic (exact) mass is 430 g/mol. The molecule has 0 aromatic heterocycles. The lowest BCUT2D eigenvalue weighted by Crippen LogP contribution is -2.47. The molecule has 0 saturated carbocycles. The highest BCUT2D eigenvalue weighted by Gasteiger charge is 2.43. The van der Waals surface area contributed by atoms with E-state index in [0.717, 1.165) is 11.1 Å². The van der Waals surface area contributed by atoms with Crippen LogP contribution in [0.5, 0.6) is 5.75 Å². The minimum Gasteiger partial charge on any atom is -0.497 e. The van der Waals surface area contributed by atoms with E-state index in [1.54, 1.807) is 49.5 Å². The van der Waals surface area contributed by atoms with Gasteiger partial charge in [-0.2, -0.15) is 0 Å². The van der Waals surface area contributed by atoms with E-state index in [4.69, 9.17) is 9.47 Å². The van der Waals surface area contributed by atoms with Gasteiger partial charge >= 0.3 is 0 Å². The van der Waals surface area contributed by atoms with Gasteiger partial charge in [0.2, 0.25) is 5.91 Å². The van der Waals surface area contributed by atoms with Crippen molar-refractivity contribution in [1.29, 1.82) is 0 Å². The molecule has 2 amide bonds. The minimum absolute atomic E-state index is 0.0972. The van der Waals surface area contributed by atoms with Crippen LogP contribution < -0.4 is 10.1 Å². The van der Waals surface area contributed by atoms with Crippen molar-refractivity contribution in [2.75, 3.05) is 32.7 Å².